The zero-order valence-corrected chi connectivity index (χ0v) is 10.1. The van der Waals surface area contributed by atoms with Crippen LogP contribution in [0.5, 0.6) is 0 Å². The van der Waals surface area contributed by atoms with Crippen molar-refractivity contribution in [2.45, 2.75) is 13.1 Å². The highest BCUT2D eigenvalue weighted by molar-refractivity contribution is 5.74. The van der Waals surface area contributed by atoms with Crippen molar-refractivity contribution in [1.82, 2.24) is 15.0 Å². The molecule has 18 heavy (non-hydrogen) atoms. The van der Waals surface area contributed by atoms with Gasteiger partial charge in [0.1, 0.15) is 11.7 Å². The molecule has 2 aromatic carbocycles. The fourth-order valence-corrected chi connectivity index (χ4v) is 2.01. The Morgan fingerprint density at radius 1 is 1.00 bits per heavy atom. The van der Waals surface area contributed by atoms with E-state index in [4.69, 9.17) is 0 Å². The quantitative estimate of drug-likeness (QED) is 0.762. The first kappa shape index (κ1) is 10.8. The number of hydrogen-bond acceptors (Lipinski definition) is 3. The molecule has 0 unspecified atom stereocenters. The molecule has 3 rings (SSSR count). The zero-order valence-electron chi connectivity index (χ0n) is 10.1. The molecule has 0 aliphatic rings. The summed E-state index contributed by atoms with van der Waals surface area (Å²) in [6.45, 7) is 2.06. The number of benzene rings is 2. The molecular formula is C14H14N4. The molecule has 4 nitrogen and oxygen atoms in total. The van der Waals surface area contributed by atoms with E-state index < -0.39 is 0 Å². The number of fused-ring (bicyclic) bond motifs is 1. The van der Waals surface area contributed by atoms with Crippen LogP contribution in [0.2, 0.25) is 0 Å². The van der Waals surface area contributed by atoms with Gasteiger partial charge in [0.2, 0.25) is 0 Å². The summed E-state index contributed by atoms with van der Waals surface area (Å²) in [5.41, 5.74) is 3.03. The second-order valence-corrected chi connectivity index (χ2v) is 4.21. The third-order valence-corrected chi connectivity index (χ3v) is 2.89. The van der Waals surface area contributed by atoms with E-state index in [1.54, 1.807) is 0 Å². The summed E-state index contributed by atoms with van der Waals surface area (Å²) in [6, 6.07) is 18.1. The monoisotopic (exact) mass is 238 g/mol. The van der Waals surface area contributed by atoms with E-state index in [-0.39, 0.29) is 6.17 Å². The summed E-state index contributed by atoms with van der Waals surface area (Å²) < 4.78 is 1.89. The van der Waals surface area contributed by atoms with Crippen LogP contribution in [-0.2, 0) is 0 Å². The lowest BCUT2D eigenvalue weighted by Gasteiger charge is -2.15. The summed E-state index contributed by atoms with van der Waals surface area (Å²) in [5.74, 6) is 0. The minimum absolute atomic E-state index is 0.0554. The van der Waals surface area contributed by atoms with Gasteiger partial charge in [0.15, 0.2) is 0 Å². The molecule has 0 saturated carbocycles. The number of anilines is 1. The molecule has 1 aromatic heterocycles. The Kier molecular flexibility index (Phi) is 2.68. The van der Waals surface area contributed by atoms with E-state index in [0.717, 1.165) is 16.7 Å². The van der Waals surface area contributed by atoms with E-state index in [1.807, 2.05) is 59.3 Å². The van der Waals surface area contributed by atoms with E-state index in [2.05, 4.69) is 22.6 Å². The fraction of sp³-hybridized carbons (Fsp3) is 0.143. The third-order valence-electron chi connectivity index (χ3n) is 2.89. The first-order valence-electron chi connectivity index (χ1n) is 5.96. The van der Waals surface area contributed by atoms with Gasteiger partial charge in [0, 0.05) is 5.69 Å². The molecule has 1 N–H and O–H groups in total. The smallest absolute Gasteiger partial charge is 0.120 e. The molecule has 0 radical (unpaired) electrons. The predicted octanol–water partition coefficient (Wildman–Crippen LogP) is 3.06. The molecule has 90 valence electrons. The van der Waals surface area contributed by atoms with E-state index in [0.29, 0.717) is 0 Å². The van der Waals surface area contributed by atoms with E-state index in [1.165, 1.54) is 0 Å². The van der Waals surface area contributed by atoms with Crippen LogP contribution in [-0.4, -0.2) is 15.0 Å². The van der Waals surface area contributed by atoms with Gasteiger partial charge in [-0.15, -0.1) is 5.10 Å². The highest BCUT2D eigenvalue weighted by atomic mass is 15.5. The van der Waals surface area contributed by atoms with Crippen molar-refractivity contribution in [2.75, 3.05) is 5.32 Å². The van der Waals surface area contributed by atoms with Gasteiger partial charge in [-0.3, -0.25) is 0 Å². The van der Waals surface area contributed by atoms with Crippen molar-refractivity contribution in [3.05, 3.63) is 54.6 Å². The Labute approximate surface area is 105 Å². The Morgan fingerprint density at radius 3 is 2.56 bits per heavy atom. The van der Waals surface area contributed by atoms with Gasteiger partial charge in [0.05, 0.1) is 5.52 Å². The van der Waals surface area contributed by atoms with Crippen molar-refractivity contribution in [2.24, 2.45) is 0 Å². The Balaban J connectivity index is 1.90. The van der Waals surface area contributed by atoms with Crippen molar-refractivity contribution in [3.8, 4) is 0 Å². The average Bonchev–Trinajstić information content (AvgIpc) is 2.84. The molecule has 3 aromatic rings. The fourth-order valence-electron chi connectivity index (χ4n) is 2.01. The molecule has 0 aliphatic carbocycles. The lowest BCUT2D eigenvalue weighted by Crippen LogP contribution is -2.16. The molecule has 0 bridgehead atoms. The summed E-state index contributed by atoms with van der Waals surface area (Å²) in [5, 5.41) is 11.7. The largest absolute Gasteiger partial charge is 0.364 e. The van der Waals surface area contributed by atoms with Crippen molar-refractivity contribution in [3.63, 3.8) is 0 Å². The second-order valence-electron chi connectivity index (χ2n) is 4.21. The summed E-state index contributed by atoms with van der Waals surface area (Å²) in [6.07, 6.45) is 0.0554. The number of nitrogens with zero attached hydrogens (tertiary/aromatic N) is 3. The zero-order chi connectivity index (χ0) is 12.4. The van der Waals surface area contributed by atoms with Gasteiger partial charge >= 0.3 is 0 Å². The van der Waals surface area contributed by atoms with Crippen LogP contribution in [0.1, 0.15) is 13.1 Å². The number of rotatable bonds is 3. The summed E-state index contributed by atoms with van der Waals surface area (Å²) in [7, 11) is 0. The predicted molar refractivity (Wildman–Crippen MR) is 72.3 cm³/mol. The SMILES string of the molecule is C[C@@H](Nc1ccccc1)n1nnc2ccccc21. The molecule has 1 heterocycles. The van der Waals surface area contributed by atoms with Gasteiger partial charge in [-0.25, -0.2) is 4.68 Å². The van der Waals surface area contributed by atoms with Crippen molar-refractivity contribution < 1.29 is 0 Å². The maximum Gasteiger partial charge on any atom is 0.120 e. The molecule has 1 atom stereocenters. The number of nitrogens with one attached hydrogen (secondary N) is 1. The third kappa shape index (κ3) is 1.93. The Bertz CT molecular complexity index is 645. The lowest BCUT2D eigenvalue weighted by atomic mass is 10.3. The molecule has 0 amide bonds. The van der Waals surface area contributed by atoms with Crippen LogP contribution < -0.4 is 5.32 Å². The summed E-state index contributed by atoms with van der Waals surface area (Å²) in [4.78, 5) is 0. The number of para-hydroxylation sites is 2. The highest BCUT2D eigenvalue weighted by Gasteiger charge is 2.09. The van der Waals surface area contributed by atoms with Crippen LogP contribution >= 0.6 is 0 Å². The highest BCUT2D eigenvalue weighted by Crippen LogP contribution is 2.17. The van der Waals surface area contributed by atoms with Crippen LogP contribution in [0.4, 0.5) is 5.69 Å². The van der Waals surface area contributed by atoms with Gasteiger partial charge < -0.3 is 5.32 Å². The molecular weight excluding hydrogens is 224 g/mol. The topological polar surface area (TPSA) is 42.7 Å². The van der Waals surface area contributed by atoms with Crippen LogP contribution in [0.3, 0.4) is 0 Å². The summed E-state index contributed by atoms with van der Waals surface area (Å²) >= 11 is 0. The lowest BCUT2D eigenvalue weighted by molar-refractivity contribution is 0.542. The maximum atomic E-state index is 4.20. The van der Waals surface area contributed by atoms with E-state index >= 15 is 0 Å². The molecule has 0 fully saturated rings. The van der Waals surface area contributed by atoms with Crippen molar-refractivity contribution in [1.29, 1.82) is 0 Å². The van der Waals surface area contributed by atoms with Gasteiger partial charge in [-0.05, 0) is 31.2 Å². The first-order chi connectivity index (χ1) is 8.84. The van der Waals surface area contributed by atoms with Crippen molar-refractivity contribution >= 4 is 16.7 Å². The average molecular weight is 238 g/mol. The Hall–Kier alpha value is -2.36. The van der Waals surface area contributed by atoms with Crippen LogP contribution in [0.15, 0.2) is 54.6 Å². The van der Waals surface area contributed by atoms with Crippen LogP contribution in [0, 0.1) is 0 Å². The number of aromatic nitrogens is 3. The van der Waals surface area contributed by atoms with Gasteiger partial charge in [0.25, 0.3) is 0 Å². The molecule has 0 spiro atoms. The maximum absolute atomic E-state index is 4.20. The number of hydrogen-bond donors (Lipinski definition) is 1. The minimum Gasteiger partial charge on any atom is -0.364 e. The standard InChI is InChI=1S/C14H14N4/c1-11(15-12-7-3-2-4-8-12)18-14-10-6-5-9-13(14)16-17-18/h2-11,15H,1H3/t11-/m0/s1. The minimum atomic E-state index is 0.0554. The van der Waals surface area contributed by atoms with Crippen LogP contribution in [0.25, 0.3) is 11.0 Å². The molecule has 4 heteroatoms. The van der Waals surface area contributed by atoms with Gasteiger partial charge in [-0.1, -0.05) is 35.5 Å². The molecule has 0 aliphatic heterocycles. The first-order valence-corrected chi connectivity index (χ1v) is 5.96. The van der Waals surface area contributed by atoms with E-state index in [9.17, 15) is 0 Å². The molecule has 0 saturated heterocycles. The normalized spacial score (nSPS) is 12.5. The second kappa shape index (κ2) is 4.49. The Morgan fingerprint density at radius 2 is 1.72 bits per heavy atom. The van der Waals surface area contributed by atoms with Gasteiger partial charge in [-0.2, -0.15) is 0 Å².